The van der Waals surface area contributed by atoms with Crippen LogP contribution in [0.25, 0.3) is 0 Å². The van der Waals surface area contributed by atoms with E-state index < -0.39 is 0 Å². The molecule has 0 atom stereocenters. The Kier molecular flexibility index (Phi) is 4.37. The molecule has 82 valence electrons. The van der Waals surface area contributed by atoms with Gasteiger partial charge in [-0.2, -0.15) is 0 Å². The lowest BCUT2D eigenvalue weighted by molar-refractivity contribution is -0.143. The van der Waals surface area contributed by atoms with E-state index in [9.17, 15) is 4.79 Å². The zero-order valence-electron chi connectivity index (χ0n) is 10.0. The summed E-state index contributed by atoms with van der Waals surface area (Å²) in [7, 11) is 1.43. The fourth-order valence-corrected chi connectivity index (χ4v) is 1.83. The first-order chi connectivity index (χ1) is 6.22. The summed E-state index contributed by atoms with van der Waals surface area (Å²) in [6, 6.07) is 0. The fraction of sp³-hybridized carbons (Fsp3) is 0.750. The average molecular weight is 198 g/mol. The molecule has 0 rings (SSSR count). The molecule has 0 aromatic heterocycles. The molecule has 0 radical (unpaired) electrons. The zero-order valence-corrected chi connectivity index (χ0v) is 10.0. The summed E-state index contributed by atoms with van der Waals surface area (Å²) >= 11 is 0. The van der Waals surface area contributed by atoms with Crippen LogP contribution in [0.1, 0.15) is 40.5 Å². The van der Waals surface area contributed by atoms with E-state index in [4.69, 9.17) is 0 Å². The van der Waals surface area contributed by atoms with Gasteiger partial charge in [-0.1, -0.05) is 33.8 Å². The molecule has 14 heavy (non-hydrogen) atoms. The second kappa shape index (κ2) is 4.63. The van der Waals surface area contributed by atoms with E-state index >= 15 is 0 Å². The molecule has 0 spiro atoms. The summed E-state index contributed by atoms with van der Waals surface area (Å²) < 4.78 is 4.67. The number of hydrogen-bond acceptors (Lipinski definition) is 2. The van der Waals surface area contributed by atoms with Crippen molar-refractivity contribution in [1.82, 2.24) is 0 Å². The molecule has 0 heterocycles. The summed E-state index contributed by atoms with van der Waals surface area (Å²) in [5.74, 6) is -0.144. The largest absolute Gasteiger partial charge is 0.469 e. The van der Waals surface area contributed by atoms with Crippen LogP contribution >= 0.6 is 0 Å². The van der Waals surface area contributed by atoms with Crippen LogP contribution in [0, 0.1) is 10.8 Å². The Bertz CT molecular complexity index is 214. The van der Waals surface area contributed by atoms with Crippen molar-refractivity contribution in [3.8, 4) is 0 Å². The highest BCUT2D eigenvalue weighted by molar-refractivity contribution is 5.69. The molecular formula is C12H22O2. The highest BCUT2D eigenvalue weighted by Crippen LogP contribution is 2.36. The third kappa shape index (κ3) is 5.05. The Morgan fingerprint density at radius 1 is 1.36 bits per heavy atom. The third-order valence-electron chi connectivity index (χ3n) is 2.34. The first kappa shape index (κ1) is 13.2. The molecule has 0 aliphatic rings. The number of esters is 1. The quantitative estimate of drug-likeness (QED) is 0.501. The summed E-state index contributed by atoms with van der Waals surface area (Å²) in [6.45, 7) is 12.2. The van der Waals surface area contributed by atoms with E-state index in [1.807, 2.05) is 6.08 Å². The van der Waals surface area contributed by atoms with Gasteiger partial charge in [-0.25, -0.2) is 0 Å². The number of carbonyl (C=O) groups excluding carboxylic acids is 1. The van der Waals surface area contributed by atoms with E-state index in [1.165, 1.54) is 7.11 Å². The van der Waals surface area contributed by atoms with Crippen molar-refractivity contribution < 1.29 is 9.53 Å². The van der Waals surface area contributed by atoms with E-state index in [0.29, 0.717) is 6.42 Å². The van der Waals surface area contributed by atoms with Crippen LogP contribution in [0.5, 0.6) is 0 Å². The van der Waals surface area contributed by atoms with Crippen molar-refractivity contribution in [3.05, 3.63) is 12.7 Å². The van der Waals surface area contributed by atoms with Crippen LogP contribution in [-0.2, 0) is 9.53 Å². The van der Waals surface area contributed by atoms with E-state index in [1.54, 1.807) is 0 Å². The minimum atomic E-state index is -0.144. The minimum Gasteiger partial charge on any atom is -0.469 e. The highest BCUT2D eigenvalue weighted by atomic mass is 16.5. The van der Waals surface area contributed by atoms with Crippen molar-refractivity contribution in [2.24, 2.45) is 10.8 Å². The smallest absolute Gasteiger partial charge is 0.306 e. The lowest BCUT2D eigenvalue weighted by Crippen LogP contribution is -2.24. The number of carbonyl (C=O) groups is 1. The van der Waals surface area contributed by atoms with Gasteiger partial charge in [0.25, 0.3) is 0 Å². The normalized spacial score (nSPS) is 12.4. The maximum absolute atomic E-state index is 11.2. The molecule has 0 saturated carbocycles. The maximum atomic E-state index is 11.2. The molecule has 0 saturated heterocycles. The molecule has 0 aliphatic carbocycles. The molecule has 0 amide bonds. The van der Waals surface area contributed by atoms with Crippen molar-refractivity contribution in [3.63, 3.8) is 0 Å². The van der Waals surface area contributed by atoms with Crippen LogP contribution < -0.4 is 0 Å². The molecule has 0 aromatic rings. The van der Waals surface area contributed by atoms with Gasteiger partial charge in [-0.3, -0.25) is 4.79 Å². The standard InChI is InChI=1S/C12H22O2/c1-7-11(2,3)9-12(4,5)8-10(13)14-6/h7H,1,8-9H2,2-6H3. The van der Waals surface area contributed by atoms with Crippen molar-refractivity contribution in [1.29, 1.82) is 0 Å². The Labute approximate surface area is 87.3 Å². The number of rotatable bonds is 5. The molecule has 2 nitrogen and oxygen atoms in total. The molecule has 0 bridgehead atoms. The lowest BCUT2D eigenvalue weighted by atomic mass is 9.73. The van der Waals surface area contributed by atoms with E-state index in [0.717, 1.165) is 6.42 Å². The molecule has 0 fully saturated rings. The zero-order chi connectivity index (χ0) is 11.4. The minimum absolute atomic E-state index is 0.0369. The van der Waals surface area contributed by atoms with Gasteiger partial charge in [0.15, 0.2) is 0 Å². The Hall–Kier alpha value is -0.790. The number of allylic oxidation sites excluding steroid dienone is 1. The highest BCUT2D eigenvalue weighted by Gasteiger charge is 2.29. The molecule has 0 N–H and O–H groups in total. The van der Waals surface area contributed by atoms with Gasteiger partial charge in [-0.05, 0) is 17.3 Å². The second-order valence-electron chi connectivity index (χ2n) is 5.29. The summed E-state index contributed by atoms with van der Waals surface area (Å²) in [5, 5.41) is 0. The van der Waals surface area contributed by atoms with Crippen molar-refractivity contribution in [2.45, 2.75) is 40.5 Å². The van der Waals surface area contributed by atoms with Gasteiger partial charge < -0.3 is 4.74 Å². The van der Waals surface area contributed by atoms with Crippen LogP contribution in [0.15, 0.2) is 12.7 Å². The van der Waals surface area contributed by atoms with E-state index in [-0.39, 0.29) is 16.8 Å². The Morgan fingerprint density at radius 2 is 1.86 bits per heavy atom. The maximum Gasteiger partial charge on any atom is 0.306 e. The summed E-state index contributed by atoms with van der Waals surface area (Å²) in [5.41, 5.74) is 0.0301. The monoisotopic (exact) mass is 198 g/mol. The molecular weight excluding hydrogens is 176 g/mol. The average Bonchev–Trinajstić information content (AvgIpc) is 2.01. The van der Waals surface area contributed by atoms with Gasteiger partial charge in [-0.15, -0.1) is 6.58 Å². The van der Waals surface area contributed by atoms with Crippen LogP contribution in [0.4, 0.5) is 0 Å². The number of hydrogen-bond donors (Lipinski definition) is 0. The molecule has 2 heteroatoms. The fourth-order valence-electron chi connectivity index (χ4n) is 1.83. The predicted octanol–water partition coefficient (Wildman–Crippen LogP) is 3.18. The van der Waals surface area contributed by atoms with Gasteiger partial charge in [0, 0.05) is 0 Å². The number of methoxy groups -OCH3 is 1. The third-order valence-corrected chi connectivity index (χ3v) is 2.34. The molecule has 0 aromatic carbocycles. The SMILES string of the molecule is C=CC(C)(C)CC(C)(C)CC(=O)OC. The van der Waals surface area contributed by atoms with Gasteiger partial charge in [0.05, 0.1) is 13.5 Å². The molecule has 0 aliphatic heterocycles. The van der Waals surface area contributed by atoms with E-state index in [2.05, 4.69) is 39.0 Å². The summed E-state index contributed by atoms with van der Waals surface area (Å²) in [6.07, 6.45) is 3.32. The Balaban J connectivity index is 4.33. The van der Waals surface area contributed by atoms with Crippen LogP contribution in [0.2, 0.25) is 0 Å². The topological polar surface area (TPSA) is 26.3 Å². The first-order valence-electron chi connectivity index (χ1n) is 4.93. The van der Waals surface area contributed by atoms with Gasteiger partial charge >= 0.3 is 5.97 Å². The van der Waals surface area contributed by atoms with Crippen molar-refractivity contribution >= 4 is 5.97 Å². The lowest BCUT2D eigenvalue weighted by Gasteiger charge is -2.32. The van der Waals surface area contributed by atoms with Crippen LogP contribution in [0.3, 0.4) is 0 Å². The Morgan fingerprint density at radius 3 is 2.21 bits per heavy atom. The van der Waals surface area contributed by atoms with Crippen LogP contribution in [-0.4, -0.2) is 13.1 Å². The number of ether oxygens (including phenoxy) is 1. The predicted molar refractivity (Wildman–Crippen MR) is 59.0 cm³/mol. The summed E-state index contributed by atoms with van der Waals surface area (Å²) in [4.78, 5) is 11.2. The van der Waals surface area contributed by atoms with Gasteiger partial charge in [0.1, 0.15) is 0 Å². The second-order valence-corrected chi connectivity index (χ2v) is 5.29. The van der Waals surface area contributed by atoms with Gasteiger partial charge in [0.2, 0.25) is 0 Å². The van der Waals surface area contributed by atoms with Crippen molar-refractivity contribution in [2.75, 3.05) is 7.11 Å². The first-order valence-corrected chi connectivity index (χ1v) is 4.93. The molecule has 0 unspecified atom stereocenters.